The van der Waals surface area contributed by atoms with Gasteiger partial charge in [-0.2, -0.15) is 0 Å². The lowest BCUT2D eigenvalue weighted by Crippen LogP contribution is -2.77. The molecular weight excluding hydrogens is 318 g/mol. The van der Waals surface area contributed by atoms with Crippen LogP contribution >= 0.6 is 0 Å². The molecule has 4 aliphatic rings. The van der Waals surface area contributed by atoms with Gasteiger partial charge >= 0.3 is 0 Å². The fraction of sp³-hybridized carbons (Fsp3) is 0.550. The highest BCUT2D eigenvalue weighted by Crippen LogP contribution is 2.65. The molecule has 4 atom stereocenters. The molecule has 2 aliphatic carbocycles. The minimum Gasteiger partial charge on any atom is -0.504 e. The third-order valence-corrected chi connectivity index (χ3v) is 7.06. The van der Waals surface area contributed by atoms with Crippen LogP contribution in [0.1, 0.15) is 30.4 Å². The molecule has 5 rings (SSSR count). The third kappa shape index (κ3) is 1.55. The van der Waals surface area contributed by atoms with E-state index >= 15 is 0 Å². The molecule has 1 saturated heterocycles. The zero-order chi connectivity index (χ0) is 17.4. The van der Waals surface area contributed by atoms with Gasteiger partial charge in [-0.3, -0.25) is 9.69 Å². The number of methoxy groups -OCH3 is 1. The lowest BCUT2D eigenvalue weighted by Gasteiger charge is -2.64. The SMILES string of the molecule is C=CCN1CC[C@]23c4c5ccc(O)c4O[C@H]2C(=O)CC[C@@]3(OC)C1C5. The van der Waals surface area contributed by atoms with Crippen molar-refractivity contribution < 1.29 is 19.4 Å². The lowest BCUT2D eigenvalue weighted by atomic mass is 9.49. The maximum Gasteiger partial charge on any atom is 0.174 e. The van der Waals surface area contributed by atoms with Crippen molar-refractivity contribution >= 4 is 5.78 Å². The van der Waals surface area contributed by atoms with Gasteiger partial charge in [0.05, 0.1) is 11.0 Å². The molecule has 2 bridgehead atoms. The molecule has 1 unspecified atom stereocenters. The van der Waals surface area contributed by atoms with Crippen LogP contribution in [0.25, 0.3) is 0 Å². The summed E-state index contributed by atoms with van der Waals surface area (Å²) in [5, 5.41) is 10.4. The van der Waals surface area contributed by atoms with Crippen LogP contribution in [0.2, 0.25) is 0 Å². The van der Waals surface area contributed by atoms with Gasteiger partial charge in [0.1, 0.15) is 0 Å². The van der Waals surface area contributed by atoms with Gasteiger partial charge in [0.25, 0.3) is 0 Å². The Morgan fingerprint density at radius 2 is 2.32 bits per heavy atom. The lowest BCUT2D eigenvalue weighted by molar-refractivity contribution is -0.200. The number of hydrogen-bond acceptors (Lipinski definition) is 5. The van der Waals surface area contributed by atoms with Crippen molar-refractivity contribution in [2.24, 2.45) is 0 Å². The quantitative estimate of drug-likeness (QED) is 0.852. The Bertz CT molecular complexity index is 790. The van der Waals surface area contributed by atoms with Gasteiger partial charge in [-0.15, -0.1) is 6.58 Å². The zero-order valence-corrected chi connectivity index (χ0v) is 14.5. The van der Waals surface area contributed by atoms with E-state index in [9.17, 15) is 9.90 Å². The van der Waals surface area contributed by atoms with Gasteiger partial charge in [0.2, 0.25) is 0 Å². The fourth-order valence-corrected chi connectivity index (χ4v) is 6.19. The second-order valence-electron chi connectivity index (χ2n) is 7.73. The highest BCUT2D eigenvalue weighted by Gasteiger charge is 2.73. The van der Waals surface area contributed by atoms with Crippen molar-refractivity contribution in [2.75, 3.05) is 20.2 Å². The predicted molar refractivity (Wildman–Crippen MR) is 92.1 cm³/mol. The maximum atomic E-state index is 12.8. The average Bonchev–Trinajstić information content (AvgIpc) is 2.97. The number of Topliss-reactive ketones (excluding diaryl/α,β-unsaturated/α-hetero) is 1. The molecule has 2 aliphatic heterocycles. The number of benzene rings is 1. The number of hydrogen-bond donors (Lipinski definition) is 1. The Kier molecular flexibility index (Phi) is 3.00. The Labute approximate surface area is 147 Å². The summed E-state index contributed by atoms with van der Waals surface area (Å²) in [6, 6.07) is 3.87. The molecule has 1 aromatic rings. The third-order valence-electron chi connectivity index (χ3n) is 7.06. The van der Waals surface area contributed by atoms with Gasteiger partial charge < -0.3 is 14.6 Å². The van der Waals surface area contributed by atoms with Crippen molar-refractivity contribution in [3.05, 3.63) is 35.9 Å². The van der Waals surface area contributed by atoms with Gasteiger partial charge in [-0.05, 0) is 30.9 Å². The minimum atomic E-state index is -0.545. The van der Waals surface area contributed by atoms with Gasteiger partial charge in [0.15, 0.2) is 23.4 Å². The molecule has 1 spiro atoms. The van der Waals surface area contributed by atoms with Crippen LogP contribution in [0.15, 0.2) is 24.8 Å². The molecule has 0 aromatic heterocycles. The topological polar surface area (TPSA) is 59.0 Å². The van der Waals surface area contributed by atoms with Crippen LogP contribution in [0, 0.1) is 0 Å². The van der Waals surface area contributed by atoms with E-state index in [2.05, 4.69) is 11.5 Å². The first-order valence-electron chi connectivity index (χ1n) is 9.04. The first-order chi connectivity index (χ1) is 12.1. The molecule has 1 N–H and O–H groups in total. The van der Waals surface area contributed by atoms with E-state index in [1.165, 1.54) is 5.56 Å². The molecule has 5 nitrogen and oxygen atoms in total. The van der Waals surface area contributed by atoms with E-state index in [4.69, 9.17) is 9.47 Å². The Hall–Kier alpha value is -1.85. The van der Waals surface area contributed by atoms with Crippen LogP contribution in [0.4, 0.5) is 0 Å². The largest absolute Gasteiger partial charge is 0.504 e. The van der Waals surface area contributed by atoms with Crippen LogP contribution in [0.3, 0.4) is 0 Å². The summed E-state index contributed by atoms with van der Waals surface area (Å²) < 4.78 is 12.4. The number of carbonyl (C=O) groups is 1. The number of ketones is 1. The summed E-state index contributed by atoms with van der Waals surface area (Å²) in [4.78, 5) is 15.2. The standard InChI is InChI=1S/C20H23NO4/c1-3-9-21-10-8-19-16-12-4-5-13(22)17(16)25-18(19)14(23)6-7-20(19,24-2)15(21)11-12/h3-5,15,18,22H,1,6-11H2,2H3/t15?,18-,19-,20+/m0/s1. The maximum absolute atomic E-state index is 12.8. The number of ether oxygens (including phenoxy) is 2. The number of rotatable bonds is 3. The highest BCUT2D eigenvalue weighted by molar-refractivity contribution is 5.90. The Balaban J connectivity index is 1.81. The van der Waals surface area contributed by atoms with E-state index < -0.39 is 17.1 Å². The first kappa shape index (κ1) is 15.4. The van der Waals surface area contributed by atoms with E-state index in [1.807, 2.05) is 12.1 Å². The van der Waals surface area contributed by atoms with E-state index in [-0.39, 0.29) is 17.6 Å². The number of piperidine rings is 1. The smallest absolute Gasteiger partial charge is 0.174 e. The zero-order valence-electron chi connectivity index (χ0n) is 14.5. The van der Waals surface area contributed by atoms with Crippen molar-refractivity contribution in [1.29, 1.82) is 0 Å². The summed E-state index contributed by atoms with van der Waals surface area (Å²) in [5.41, 5.74) is 1.26. The summed E-state index contributed by atoms with van der Waals surface area (Å²) in [6.45, 7) is 5.60. The molecule has 1 aromatic carbocycles. The molecule has 1 saturated carbocycles. The number of phenolic OH excluding ortho intramolecular Hbond substituents is 1. The molecule has 5 heteroatoms. The second-order valence-corrected chi connectivity index (χ2v) is 7.73. The normalized spacial score (nSPS) is 38.2. The van der Waals surface area contributed by atoms with Gasteiger partial charge in [-0.1, -0.05) is 12.1 Å². The van der Waals surface area contributed by atoms with E-state index in [0.717, 1.165) is 31.5 Å². The fourth-order valence-electron chi connectivity index (χ4n) is 6.19. The monoisotopic (exact) mass is 341 g/mol. The van der Waals surface area contributed by atoms with Gasteiger partial charge in [-0.25, -0.2) is 0 Å². The van der Waals surface area contributed by atoms with Crippen LogP contribution in [0.5, 0.6) is 11.5 Å². The van der Waals surface area contributed by atoms with E-state index in [1.54, 1.807) is 13.2 Å². The minimum absolute atomic E-state index is 0.132. The predicted octanol–water partition coefficient (Wildman–Crippen LogP) is 1.96. The van der Waals surface area contributed by atoms with Crippen LogP contribution < -0.4 is 4.74 Å². The highest BCUT2D eigenvalue weighted by atomic mass is 16.5. The average molecular weight is 341 g/mol. The molecule has 0 radical (unpaired) electrons. The van der Waals surface area contributed by atoms with Crippen LogP contribution in [-0.2, 0) is 21.4 Å². The molecular formula is C20H23NO4. The Morgan fingerprint density at radius 1 is 1.48 bits per heavy atom. The molecule has 2 heterocycles. The Morgan fingerprint density at radius 3 is 3.08 bits per heavy atom. The summed E-state index contributed by atoms with van der Waals surface area (Å²) in [5.74, 6) is 0.772. The van der Waals surface area contributed by atoms with Gasteiger partial charge in [0, 0.05) is 38.2 Å². The summed E-state index contributed by atoms with van der Waals surface area (Å²) in [6.07, 6.45) is 4.20. The summed E-state index contributed by atoms with van der Waals surface area (Å²) in [7, 11) is 1.77. The first-order valence-corrected chi connectivity index (χ1v) is 9.04. The number of phenols is 1. The molecule has 2 fully saturated rings. The van der Waals surface area contributed by atoms with Crippen molar-refractivity contribution in [2.45, 2.75) is 48.8 Å². The van der Waals surface area contributed by atoms with Crippen molar-refractivity contribution in [3.8, 4) is 11.5 Å². The van der Waals surface area contributed by atoms with Crippen molar-refractivity contribution in [1.82, 2.24) is 4.90 Å². The van der Waals surface area contributed by atoms with Crippen LogP contribution in [-0.4, -0.2) is 53.7 Å². The molecule has 132 valence electrons. The second kappa shape index (κ2) is 4.86. The number of likely N-dealkylation sites (tertiary alicyclic amines) is 1. The number of nitrogens with zero attached hydrogens (tertiary/aromatic N) is 1. The number of carbonyl (C=O) groups excluding carboxylic acids is 1. The van der Waals surface area contributed by atoms with E-state index in [0.29, 0.717) is 18.6 Å². The molecule has 0 amide bonds. The molecule has 25 heavy (non-hydrogen) atoms. The summed E-state index contributed by atoms with van der Waals surface area (Å²) >= 11 is 0. The number of aromatic hydroxyl groups is 1. The van der Waals surface area contributed by atoms with Crippen molar-refractivity contribution in [3.63, 3.8) is 0 Å².